The standard InChI is InChI=1S/C33H61N3O7/c1-20(2)36-14-12-24(13-15-36)25-19-41-31(39)32(6,7)28(38)23(5)29(33(8,40-11)17-21(3)18-34-25)43-30-27(37)26(35(9)10)16-22(4)42-30/h20-27,29-30,34,37H,12-19H2,1-11H3/t21-,22-,23+,25?,26+,27-,29-,30+,33-/m1/s1. The van der Waals surface area contributed by atoms with Gasteiger partial charge in [-0.1, -0.05) is 13.8 Å². The van der Waals surface area contributed by atoms with Crippen molar-refractivity contribution in [2.24, 2.45) is 23.2 Å². The summed E-state index contributed by atoms with van der Waals surface area (Å²) < 4.78 is 24.9. The van der Waals surface area contributed by atoms with Crippen LogP contribution < -0.4 is 5.32 Å². The first kappa shape index (κ1) is 36.3. The fraction of sp³-hybridized carbons (Fsp3) is 0.939. The smallest absolute Gasteiger partial charge is 0.319 e. The summed E-state index contributed by atoms with van der Waals surface area (Å²) in [5.74, 6) is -1.02. The van der Waals surface area contributed by atoms with Crippen molar-refractivity contribution in [2.45, 2.75) is 129 Å². The third-order valence-electron chi connectivity index (χ3n) is 10.4. The van der Waals surface area contributed by atoms with Gasteiger partial charge in [-0.25, -0.2) is 0 Å². The minimum Gasteiger partial charge on any atom is -0.463 e. The molecule has 10 heteroatoms. The number of likely N-dealkylation sites (N-methyl/N-ethyl adjacent to an activating group) is 1. The van der Waals surface area contributed by atoms with E-state index in [4.69, 9.17) is 18.9 Å². The number of esters is 1. The second-order valence-electron chi connectivity index (χ2n) is 14.8. The fourth-order valence-electron chi connectivity index (χ4n) is 7.38. The molecule has 3 rings (SSSR count). The van der Waals surface area contributed by atoms with Crippen molar-refractivity contribution < 1.29 is 33.6 Å². The summed E-state index contributed by atoms with van der Waals surface area (Å²) >= 11 is 0. The van der Waals surface area contributed by atoms with Gasteiger partial charge in [0.1, 0.15) is 18.1 Å². The molecule has 0 spiro atoms. The number of cyclic esters (lactones) is 1. The predicted molar refractivity (Wildman–Crippen MR) is 167 cm³/mol. The zero-order valence-electron chi connectivity index (χ0n) is 28.7. The number of hydrogen-bond donors (Lipinski definition) is 2. The number of ketones is 1. The minimum atomic E-state index is -1.40. The van der Waals surface area contributed by atoms with Crippen molar-refractivity contribution >= 4 is 11.8 Å². The van der Waals surface area contributed by atoms with Gasteiger partial charge in [0, 0.05) is 31.2 Å². The average molecular weight is 612 g/mol. The molecule has 0 aliphatic carbocycles. The van der Waals surface area contributed by atoms with Crippen molar-refractivity contribution in [3.05, 3.63) is 0 Å². The largest absolute Gasteiger partial charge is 0.463 e. The molecule has 0 saturated carbocycles. The van der Waals surface area contributed by atoms with Crippen molar-refractivity contribution in [1.29, 1.82) is 0 Å². The van der Waals surface area contributed by atoms with Gasteiger partial charge in [0.05, 0.1) is 17.8 Å². The Hall–Kier alpha value is -1.14. The van der Waals surface area contributed by atoms with Crippen LogP contribution in [-0.2, 0) is 28.5 Å². The van der Waals surface area contributed by atoms with E-state index in [9.17, 15) is 14.7 Å². The number of aliphatic hydroxyl groups excluding tert-OH is 1. The molecular formula is C33H61N3O7. The molecule has 3 aliphatic rings. The lowest BCUT2D eigenvalue weighted by molar-refractivity contribution is -0.295. The first-order valence-corrected chi connectivity index (χ1v) is 16.4. The van der Waals surface area contributed by atoms with Crippen LogP contribution in [0.15, 0.2) is 0 Å². The Morgan fingerprint density at radius 3 is 2.28 bits per heavy atom. The van der Waals surface area contributed by atoms with E-state index < -0.39 is 41.4 Å². The molecule has 3 heterocycles. The van der Waals surface area contributed by atoms with Crippen LogP contribution in [0, 0.1) is 23.2 Å². The van der Waals surface area contributed by atoms with E-state index in [0.29, 0.717) is 31.3 Å². The van der Waals surface area contributed by atoms with E-state index >= 15 is 0 Å². The van der Waals surface area contributed by atoms with Crippen LogP contribution in [0.4, 0.5) is 0 Å². The topological polar surface area (TPSA) is 110 Å². The number of methoxy groups -OCH3 is 1. The predicted octanol–water partition coefficient (Wildman–Crippen LogP) is 3.10. The summed E-state index contributed by atoms with van der Waals surface area (Å²) in [6.45, 7) is 18.6. The molecule has 0 bridgehead atoms. The van der Waals surface area contributed by atoms with Gasteiger partial charge in [-0.15, -0.1) is 0 Å². The van der Waals surface area contributed by atoms with Crippen molar-refractivity contribution in [2.75, 3.05) is 47.4 Å². The Balaban J connectivity index is 1.92. The highest BCUT2D eigenvalue weighted by molar-refractivity contribution is 6.04. The molecule has 3 saturated heterocycles. The van der Waals surface area contributed by atoms with Gasteiger partial charge in [0.15, 0.2) is 12.1 Å². The maximum Gasteiger partial charge on any atom is 0.319 e. The molecule has 3 aliphatic heterocycles. The van der Waals surface area contributed by atoms with Gasteiger partial charge >= 0.3 is 5.97 Å². The second-order valence-corrected chi connectivity index (χ2v) is 14.8. The summed E-state index contributed by atoms with van der Waals surface area (Å²) in [5, 5.41) is 15.0. The number of piperidine rings is 1. The normalized spacial score (nSPS) is 39.7. The first-order chi connectivity index (χ1) is 20.0. The van der Waals surface area contributed by atoms with Crippen LogP contribution in [0.2, 0.25) is 0 Å². The van der Waals surface area contributed by atoms with Crippen LogP contribution >= 0.6 is 0 Å². The van der Waals surface area contributed by atoms with Crippen LogP contribution in [0.5, 0.6) is 0 Å². The second kappa shape index (κ2) is 15.0. The van der Waals surface area contributed by atoms with E-state index in [1.807, 2.05) is 32.8 Å². The first-order valence-electron chi connectivity index (χ1n) is 16.4. The van der Waals surface area contributed by atoms with Crippen molar-refractivity contribution in [3.63, 3.8) is 0 Å². The van der Waals surface area contributed by atoms with E-state index in [1.165, 1.54) is 0 Å². The van der Waals surface area contributed by atoms with E-state index in [0.717, 1.165) is 25.9 Å². The van der Waals surface area contributed by atoms with Gasteiger partial charge < -0.3 is 39.2 Å². The number of rotatable bonds is 6. The molecule has 43 heavy (non-hydrogen) atoms. The maximum absolute atomic E-state index is 14.1. The Bertz CT molecular complexity index is 922. The van der Waals surface area contributed by atoms with Gasteiger partial charge in [-0.3, -0.25) is 9.59 Å². The summed E-state index contributed by atoms with van der Waals surface area (Å²) in [6.07, 6.45) is 0.519. The van der Waals surface area contributed by atoms with Gasteiger partial charge in [-0.05, 0) is 113 Å². The van der Waals surface area contributed by atoms with Crippen LogP contribution in [-0.4, -0.2) is 122 Å². The number of carbonyl (C=O) groups is 2. The van der Waals surface area contributed by atoms with E-state index in [1.54, 1.807) is 27.9 Å². The summed E-state index contributed by atoms with van der Waals surface area (Å²) in [5.41, 5.74) is -2.30. The lowest BCUT2D eigenvalue weighted by Crippen LogP contribution is -2.59. The lowest BCUT2D eigenvalue weighted by atomic mass is 9.74. The minimum absolute atomic E-state index is 0.000814. The maximum atomic E-state index is 14.1. The Morgan fingerprint density at radius 1 is 1.09 bits per heavy atom. The monoisotopic (exact) mass is 611 g/mol. The van der Waals surface area contributed by atoms with Crippen LogP contribution in [0.25, 0.3) is 0 Å². The number of nitrogens with one attached hydrogen (secondary N) is 1. The molecule has 10 nitrogen and oxygen atoms in total. The third kappa shape index (κ3) is 8.57. The highest BCUT2D eigenvalue weighted by Crippen LogP contribution is 2.38. The molecule has 0 radical (unpaired) electrons. The highest BCUT2D eigenvalue weighted by Gasteiger charge is 2.51. The summed E-state index contributed by atoms with van der Waals surface area (Å²) in [4.78, 5) is 32.2. The molecule has 9 atom stereocenters. The number of nitrogens with zero attached hydrogens (tertiary/aromatic N) is 2. The van der Waals surface area contributed by atoms with Gasteiger partial charge in [-0.2, -0.15) is 0 Å². The molecule has 1 unspecified atom stereocenters. The number of Topliss-reactive ketones (excluding diaryl/α,β-unsaturated/α-hetero) is 1. The number of aliphatic hydroxyl groups is 1. The van der Waals surface area contributed by atoms with E-state index in [2.05, 4.69) is 31.0 Å². The summed E-state index contributed by atoms with van der Waals surface area (Å²) in [7, 11) is 5.49. The molecule has 2 N–H and O–H groups in total. The SMILES string of the molecule is CO[C@]1(C)C[C@@H](C)CNC(C2CCN(C(C)C)CC2)COC(=O)C(C)(C)C(=O)[C@H](C)[C@H]1O[C@@H]1O[C@H](C)C[C@H](N(C)C)[C@H]1O. The van der Waals surface area contributed by atoms with Crippen LogP contribution in [0.3, 0.4) is 0 Å². The quantitative estimate of drug-likeness (QED) is 0.344. The number of hydrogen-bond acceptors (Lipinski definition) is 10. The molecule has 0 aromatic rings. The zero-order chi connectivity index (χ0) is 32.3. The fourth-order valence-corrected chi connectivity index (χ4v) is 7.38. The van der Waals surface area contributed by atoms with Crippen molar-refractivity contribution in [1.82, 2.24) is 15.1 Å². The Labute approximate surface area is 260 Å². The Morgan fingerprint density at radius 2 is 1.72 bits per heavy atom. The molecule has 0 aromatic heterocycles. The highest BCUT2D eigenvalue weighted by atomic mass is 16.7. The average Bonchev–Trinajstić information content (AvgIpc) is 2.95. The number of carbonyl (C=O) groups excluding carboxylic acids is 2. The molecule has 250 valence electrons. The van der Waals surface area contributed by atoms with E-state index in [-0.39, 0.29) is 36.5 Å². The van der Waals surface area contributed by atoms with Gasteiger partial charge in [0.25, 0.3) is 0 Å². The zero-order valence-corrected chi connectivity index (χ0v) is 28.7. The lowest BCUT2D eigenvalue weighted by Gasteiger charge is -2.47. The Kier molecular flexibility index (Phi) is 12.6. The molecular weight excluding hydrogens is 550 g/mol. The van der Waals surface area contributed by atoms with Crippen molar-refractivity contribution in [3.8, 4) is 0 Å². The molecule has 0 amide bonds. The molecule has 3 fully saturated rings. The van der Waals surface area contributed by atoms with Gasteiger partial charge in [0.2, 0.25) is 0 Å². The summed E-state index contributed by atoms with van der Waals surface area (Å²) in [6, 6.07) is 0.350. The molecule has 0 aromatic carbocycles. The van der Waals surface area contributed by atoms with Crippen LogP contribution in [0.1, 0.15) is 81.1 Å². The number of ether oxygens (including phenoxy) is 4. The number of likely N-dealkylation sites (tertiary alicyclic amines) is 1. The third-order valence-corrected chi connectivity index (χ3v) is 10.4.